The van der Waals surface area contributed by atoms with Crippen molar-refractivity contribution >= 4 is 0 Å². The molecule has 0 bridgehead atoms. The largest absolute Gasteiger partial charge is 0.489 e. The Morgan fingerprint density at radius 2 is 2.20 bits per heavy atom. The van der Waals surface area contributed by atoms with Crippen LogP contribution in [0.4, 0.5) is 0 Å². The van der Waals surface area contributed by atoms with Crippen LogP contribution in [-0.2, 0) is 0 Å². The Balaban J connectivity index is 2.74. The molecule has 0 aromatic heterocycles. The number of aliphatic hydroxyl groups is 1. The molecule has 0 saturated carbocycles. The maximum atomic E-state index is 9.40. The van der Waals surface area contributed by atoms with Crippen molar-refractivity contribution in [2.24, 2.45) is 0 Å². The molecule has 0 amide bonds. The van der Waals surface area contributed by atoms with E-state index in [-0.39, 0.29) is 0 Å². The molecule has 0 aliphatic carbocycles. The number of aryl methyl sites for hydroxylation is 1. The van der Waals surface area contributed by atoms with E-state index in [1.165, 1.54) is 0 Å². The summed E-state index contributed by atoms with van der Waals surface area (Å²) in [5.41, 5.74) is 1.98. The molecule has 1 aromatic rings. The number of benzene rings is 1. The van der Waals surface area contributed by atoms with Crippen molar-refractivity contribution in [1.82, 2.24) is 0 Å². The zero-order valence-corrected chi connectivity index (χ0v) is 9.53. The van der Waals surface area contributed by atoms with Gasteiger partial charge in [-0.25, -0.2) is 0 Å². The van der Waals surface area contributed by atoms with Crippen molar-refractivity contribution in [3.63, 3.8) is 0 Å². The monoisotopic (exact) mass is 206 g/mol. The Labute approximate surface area is 91.2 Å². The molecule has 0 aliphatic rings. The van der Waals surface area contributed by atoms with E-state index in [1.807, 2.05) is 44.2 Å². The highest BCUT2D eigenvalue weighted by Gasteiger charge is 2.04. The lowest BCUT2D eigenvalue weighted by Crippen LogP contribution is -1.97. The van der Waals surface area contributed by atoms with Gasteiger partial charge in [0.1, 0.15) is 12.4 Å². The summed E-state index contributed by atoms with van der Waals surface area (Å²) in [6.45, 7) is 6.30. The van der Waals surface area contributed by atoms with Crippen LogP contribution in [0.1, 0.15) is 31.1 Å². The van der Waals surface area contributed by atoms with Gasteiger partial charge in [0.15, 0.2) is 0 Å². The molecule has 0 aliphatic heterocycles. The summed E-state index contributed by atoms with van der Waals surface area (Å²) < 4.78 is 5.54. The molecule has 1 rings (SSSR count). The first-order chi connectivity index (χ1) is 7.15. The van der Waals surface area contributed by atoms with Gasteiger partial charge in [-0.05, 0) is 44.0 Å². The lowest BCUT2D eigenvalue weighted by molar-refractivity contribution is 0.199. The van der Waals surface area contributed by atoms with Crippen LogP contribution in [0.2, 0.25) is 0 Å². The molecule has 2 nitrogen and oxygen atoms in total. The third-order valence-electron chi connectivity index (χ3n) is 2.25. The minimum absolute atomic E-state index is 0.423. The number of aliphatic hydroxyl groups excluding tert-OH is 1. The second-order valence-electron chi connectivity index (χ2n) is 3.58. The molecule has 0 fully saturated rings. The standard InChI is InChI=1S/C13H18O2/c1-4-5-8-15-13-7-6-12(11(3)14)9-10(13)2/h4-7,9,11,14H,8H2,1-3H3/b5-4+. The normalized spacial score (nSPS) is 13.1. The van der Waals surface area contributed by atoms with Crippen LogP contribution >= 0.6 is 0 Å². The Kier molecular flexibility index (Phi) is 4.37. The molecule has 0 radical (unpaired) electrons. The summed E-state index contributed by atoms with van der Waals surface area (Å²) in [6, 6.07) is 5.75. The highest BCUT2D eigenvalue weighted by molar-refractivity contribution is 5.37. The van der Waals surface area contributed by atoms with Crippen LogP contribution in [0.5, 0.6) is 5.75 Å². The molecule has 1 aromatic carbocycles. The highest BCUT2D eigenvalue weighted by Crippen LogP contribution is 2.22. The van der Waals surface area contributed by atoms with Gasteiger partial charge >= 0.3 is 0 Å². The number of hydrogen-bond acceptors (Lipinski definition) is 2. The summed E-state index contributed by atoms with van der Waals surface area (Å²) in [4.78, 5) is 0. The van der Waals surface area contributed by atoms with E-state index < -0.39 is 6.10 Å². The lowest BCUT2D eigenvalue weighted by atomic mass is 10.1. The molecule has 15 heavy (non-hydrogen) atoms. The first-order valence-corrected chi connectivity index (χ1v) is 5.17. The van der Waals surface area contributed by atoms with Gasteiger partial charge in [0.05, 0.1) is 6.10 Å². The summed E-state index contributed by atoms with van der Waals surface area (Å²) in [7, 11) is 0. The predicted octanol–water partition coefficient (Wildman–Crippen LogP) is 3.00. The van der Waals surface area contributed by atoms with Crippen LogP contribution in [-0.4, -0.2) is 11.7 Å². The van der Waals surface area contributed by atoms with E-state index in [0.29, 0.717) is 6.61 Å². The summed E-state index contributed by atoms with van der Waals surface area (Å²) in [5, 5.41) is 9.40. The lowest BCUT2D eigenvalue weighted by Gasteiger charge is -2.10. The predicted molar refractivity (Wildman–Crippen MR) is 62.1 cm³/mol. The number of rotatable bonds is 4. The molecular weight excluding hydrogens is 188 g/mol. The van der Waals surface area contributed by atoms with Crippen molar-refractivity contribution in [3.8, 4) is 5.75 Å². The second-order valence-corrected chi connectivity index (χ2v) is 3.58. The Bertz CT molecular complexity index is 340. The van der Waals surface area contributed by atoms with Crippen LogP contribution in [0.3, 0.4) is 0 Å². The molecular formula is C13H18O2. The molecule has 1 unspecified atom stereocenters. The van der Waals surface area contributed by atoms with Gasteiger partial charge in [-0.1, -0.05) is 18.2 Å². The highest BCUT2D eigenvalue weighted by atomic mass is 16.5. The third-order valence-corrected chi connectivity index (χ3v) is 2.25. The molecule has 0 saturated heterocycles. The van der Waals surface area contributed by atoms with E-state index in [0.717, 1.165) is 16.9 Å². The molecule has 1 N–H and O–H groups in total. The third kappa shape index (κ3) is 3.40. The first-order valence-electron chi connectivity index (χ1n) is 5.17. The molecule has 0 heterocycles. The van der Waals surface area contributed by atoms with E-state index in [2.05, 4.69) is 0 Å². The van der Waals surface area contributed by atoms with Crippen molar-refractivity contribution in [3.05, 3.63) is 41.5 Å². The van der Waals surface area contributed by atoms with Gasteiger partial charge < -0.3 is 9.84 Å². The Morgan fingerprint density at radius 3 is 2.73 bits per heavy atom. The average Bonchev–Trinajstić information content (AvgIpc) is 2.20. The van der Waals surface area contributed by atoms with Crippen LogP contribution in [0, 0.1) is 6.92 Å². The first kappa shape index (κ1) is 11.8. The maximum absolute atomic E-state index is 9.40. The Hall–Kier alpha value is -1.28. The van der Waals surface area contributed by atoms with Crippen molar-refractivity contribution < 1.29 is 9.84 Å². The zero-order valence-electron chi connectivity index (χ0n) is 9.53. The molecule has 1 atom stereocenters. The number of hydrogen-bond donors (Lipinski definition) is 1. The topological polar surface area (TPSA) is 29.5 Å². The number of allylic oxidation sites excluding steroid dienone is 1. The SMILES string of the molecule is C/C=C/COc1ccc(C(C)O)cc1C. The fraction of sp³-hybridized carbons (Fsp3) is 0.385. The van der Waals surface area contributed by atoms with E-state index in [9.17, 15) is 5.11 Å². The Morgan fingerprint density at radius 1 is 1.47 bits per heavy atom. The van der Waals surface area contributed by atoms with Crippen molar-refractivity contribution in [2.45, 2.75) is 26.9 Å². The van der Waals surface area contributed by atoms with Gasteiger partial charge in [0.25, 0.3) is 0 Å². The van der Waals surface area contributed by atoms with Crippen molar-refractivity contribution in [1.29, 1.82) is 0 Å². The molecule has 0 spiro atoms. The van der Waals surface area contributed by atoms with Gasteiger partial charge in [0, 0.05) is 0 Å². The minimum atomic E-state index is -0.423. The summed E-state index contributed by atoms with van der Waals surface area (Å²) >= 11 is 0. The van der Waals surface area contributed by atoms with Gasteiger partial charge in [-0.2, -0.15) is 0 Å². The van der Waals surface area contributed by atoms with E-state index >= 15 is 0 Å². The van der Waals surface area contributed by atoms with E-state index in [4.69, 9.17) is 4.74 Å². The zero-order chi connectivity index (χ0) is 11.3. The van der Waals surface area contributed by atoms with Crippen LogP contribution < -0.4 is 4.74 Å². The van der Waals surface area contributed by atoms with Gasteiger partial charge in [-0.15, -0.1) is 0 Å². The minimum Gasteiger partial charge on any atom is -0.489 e. The maximum Gasteiger partial charge on any atom is 0.122 e. The van der Waals surface area contributed by atoms with Crippen LogP contribution in [0.15, 0.2) is 30.4 Å². The quantitative estimate of drug-likeness (QED) is 0.767. The molecule has 2 heteroatoms. The fourth-order valence-electron chi connectivity index (χ4n) is 1.33. The van der Waals surface area contributed by atoms with Crippen LogP contribution in [0.25, 0.3) is 0 Å². The number of ether oxygens (including phenoxy) is 1. The molecule has 82 valence electrons. The van der Waals surface area contributed by atoms with Crippen molar-refractivity contribution in [2.75, 3.05) is 6.61 Å². The fourth-order valence-corrected chi connectivity index (χ4v) is 1.33. The van der Waals surface area contributed by atoms with Gasteiger partial charge in [0.2, 0.25) is 0 Å². The van der Waals surface area contributed by atoms with Gasteiger partial charge in [-0.3, -0.25) is 0 Å². The summed E-state index contributed by atoms with van der Waals surface area (Å²) in [6.07, 6.45) is 3.50. The second kappa shape index (κ2) is 5.56. The smallest absolute Gasteiger partial charge is 0.122 e. The summed E-state index contributed by atoms with van der Waals surface area (Å²) in [5.74, 6) is 0.873. The average molecular weight is 206 g/mol. The van der Waals surface area contributed by atoms with E-state index in [1.54, 1.807) is 6.92 Å².